The van der Waals surface area contributed by atoms with Gasteiger partial charge in [0.05, 0.1) is 11.4 Å². The highest BCUT2D eigenvalue weighted by atomic mass is 16.3. The van der Waals surface area contributed by atoms with E-state index in [9.17, 15) is 0 Å². The number of furan rings is 2. The number of fused-ring (bicyclic) bond motifs is 11. The van der Waals surface area contributed by atoms with Gasteiger partial charge < -0.3 is 13.7 Å². The smallest absolute Gasteiger partial charge is 0.159 e. The third-order valence-corrected chi connectivity index (χ3v) is 12.5. The maximum Gasteiger partial charge on any atom is 0.159 e. The fraction of sp³-hybridized carbons (Fsp3) is 0.0545. The van der Waals surface area contributed by atoms with Gasteiger partial charge in [0, 0.05) is 38.0 Å². The maximum absolute atomic E-state index is 7.15. The molecule has 9 aromatic carbocycles. The molecule has 2 heterocycles. The second-order valence-electron chi connectivity index (χ2n) is 16.0. The molecule has 3 heteroatoms. The lowest BCUT2D eigenvalue weighted by Gasteiger charge is -2.25. The molecule has 1 aliphatic rings. The molecule has 0 amide bonds. The van der Waals surface area contributed by atoms with Crippen LogP contribution in [0.2, 0.25) is 0 Å². The van der Waals surface area contributed by atoms with E-state index in [1.807, 2.05) is 12.1 Å². The van der Waals surface area contributed by atoms with E-state index in [4.69, 9.17) is 8.83 Å². The zero-order valence-corrected chi connectivity index (χ0v) is 32.2. The maximum atomic E-state index is 7.15. The first kappa shape index (κ1) is 32.8. The molecule has 11 aromatic rings. The van der Waals surface area contributed by atoms with E-state index in [0.29, 0.717) is 0 Å². The highest BCUT2D eigenvalue weighted by molar-refractivity contribution is 6.21. The molecule has 0 saturated carbocycles. The Kier molecular flexibility index (Phi) is 6.98. The van der Waals surface area contributed by atoms with Gasteiger partial charge in [-0.05, 0) is 92.4 Å². The first-order valence-electron chi connectivity index (χ1n) is 20.0. The van der Waals surface area contributed by atoms with Gasteiger partial charge in [-0.2, -0.15) is 0 Å². The molecule has 274 valence electrons. The van der Waals surface area contributed by atoms with Gasteiger partial charge >= 0.3 is 0 Å². The minimum absolute atomic E-state index is 0.0927. The average Bonchev–Trinajstić information content (AvgIpc) is 3.93. The zero-order valence-electron chi connectivity index (χ0n) is 32.2. The number of anilines is 3. The number of hydrogen-bond acceptors (Lipinski definition) is 3. The lowest BCUT2D eigenvalue weighted by Crippen LogP contribution is -2.14. The summed E-state index contributed by atoms with van der Waals surface area (Å²) in [5.74, 6) is 0. The second kappa shape index (κ2) is 12.3. The van der Waals surface area contributed by atoms with Crippen molar-refractivity contribution < 1.29 is 8.83 Å². The number of nitrogens with zero attached hydrogens (tertiary/aromatic N) is 1. The Hall–Kier alpha value is -7.36. The first-order valence-corrected chi connectivity index (χ1v) is 20.0. The van der Waals surface area contributed by atoms with Crippen molar-refractivity contribution in [2.24, 2.45) is 0 Å². The van der Waals surface area contributed by atoms with Crippen LogP contribution < -0.4 is 4.90 Å². The Morgan fingerprint density at radius 1 is 0.362 bits per heavy atom. The molecule has 58 heavy (non-hydrogen) atoms. The molecule has 0 saturated heterocycles. The van der Waals surface area contributed by atoms with Gasteiger partial charge in [-0.1, -0.05) is 159 Å². The molecule has 2 aromatic heterocycles. The quantitative estimate of drug-likeness (QED) is 0.176. The Morgan fingerprint density at radius 3 is 1.72 bits per heavy atom. The lowest BCUT2D eigenvalue weighted by atomic mass is 9.81. The van der Waals surface area contributed by atoms with Crippen LogP contribution in [0.1, 0.15) is 25.0 Å². The van der Waals surface area contributed by atoms with Gasteiger partial charge in [0.1, 0.15) is 11.2 Å². The van der Waals surface area contributed by atoms with Gasteiger partial charge in [0.15, 0.2) is 11.2 Å². The summed E-state index contributed by atoms with van der Waals surface area (Å²) in [6.45, 7) is 4.70. The fourth-order valence-electron chi connectivity index (χ4n) is 9.64. The van der Waals surface area contributed by atoms with E-state index >= 15 is 0 Å². The van der Waals surface area contributed by atoms with E-state index in [1.54, 1.807) is 0 Å². The Balaban J connectivity index is 1.09. The summed E-state index contributed by atoms with van der Waals surface area (Å²) < 4.78 is 13.8. The monoisotopic (exact) mass is 743 g/mol. The standard InChI is InChI=1S/C55H37NO2/c1-55(2)47-22-10-8-17-39(47)40-31-28-36(32-48(40)55)45-33-46-44-21-13-24-50(54(44)58-52(46)42-19-7-6-16-38(42)45)56(37-29-26-35(27-30-37)34-14-4-3-5-15-34)49-23-12-20-43-41-18-9-11-25-51(41)57-53(43)49/h3-33H,1-2H3. The van der Waals surface area contributed by atoms with Crippen molar-refractivity contribution in [2.45, 2.75) is 19.3 Å². The molecule has 12 rings (SSSR count). The molecule has 0 fully saturated rings. The average molecular weight is 744 g/mol. The van der Waals surface area contributed by atoms with Crippen molar-refractivity contribution in [1.82, 2.24) is 0 Å². The summed E-state index contributed by atoms with van der Waals surface area (Å²) in [6.07, 6.45) is 0. The molecule has 0 aliphatic heterocycles. The van der Waals surface area contributed by atoms with E-state index in [-0.39, 0.29) is 5.41 Å². The molecule has 0 atom stereocenters. The SMILES string of the molecule is CC1(C)c2ccccc2-c2ccc(-c3cc4c5cccc(N(c6ccc(-c7ccccc7)cc6)c6cccc7c6oc6ccccc67)c5oc4c4ccccc34)cc21. The van der Waals surface area contributed by atoms with E-state index in [1.165, 1.54) is 44.3 Å². The number of rotatable bonds is 5. The molecular weight excluding hydrogens is 707 g/mol. The normalized spacial score (nSPS) is 13.1. The number of hydrogen-bond donors (Lipinski definition) is 0. The summed E-state index contributed by atoms with van der Waals surface area (Å²) in [7, 11) is 0. The predicted octanol–water partition coefficient (Wildman–Crippen LogP) is 15.7. The summed E-state index contributed by atoms with van der Waals surface area (Å²) in [5, 5.41) is 6.60. The molecular formula is C55H37NO2. The van der Waals surface area contributed by atoms with Gasteiger partial charge in [0.25, 0.3) is 0 Å². The van der Waals surface area contributed by atoms with Gasteiger partial charge in [-0.15, -0.1) is 0 Å². The molecule has 3 nitrogen and oxygen atoms in total. The fourth-order valence-corrected chi connectivity index (χ4v) is 9.64. The lowest BCUT2D eigenvalue weighted by molar-refractivity contribution is 0.660. The number of benzene rings is 9. The Morgan fingerprint density at radius 2 is 0.931 bits per heavy atom. The summed E-state index contributed by atoms with van der Waals surface area (Å²) >= 11 is 0. The van der Waals surface area contributed by atoms with Crippen LogP contribution in [0.25, 0.3) is 88.0 Å². The summed E-state index contributed by atoms with van der Waals surface area (Å²) in [5.41, 5.74) is 16.4. The molecule has 0 bridgehead atoms. The van der Waals surface area contributed by atoms with Crippen molar-refractivity contribution in [2.75, 3.05) is 4.90 Å². The third-order valence-electron chi connectivity index (χ3n) is 12.5. The molecule has 0 unspecified atom stereocenters. The van der Waals surface area contributed by atoms with Crippen molar-refractivity contribution in [1.29, 1.82) is 0 Å². The Labute approximate surface area is 336 Å². The van der Waals surface area contributed by atoms with Crippen LogP contribution in [0.15, 0.2) is 197 Å². The van der Waals surface area contributed by atoms with Crippen molar-refractivity contribution >= 4 is 71.7 Å². The molecule has 0 N–H and O–H groups in total. The van der Waals surface area contributed by atoms with Crippen LogP contribution in [0.5, 0.6) is 0 Å². The minimum atomic E-state index is -0.0927. The van der Waals surface area contributed by atoms with Crippen molar-refractivity contribution in [3.8, 4) is 33.4 Å². The van der Waals surface area contributed by atoms with Crippen molar-refractivity contribution in [3.05, 3.63) is 199 Å². The minimum Gasteiger partial charge on any atom is -0.454 e. The van der Waals surface area contributed by atoms with Gasteiger partial charge in [-0.3, -0.25) is 0 Å². The zero-order chi connectivity index (χ0) is 38.5. The van der Waals surface area contributed by atoms with Gasteiger partial charge in [0.2, 0.25) is 0 Å². The molecule has 0 radical (unpaired) electrons. The first-order chi connectivity index (χ1) is 28.5. The molecule has 0 spiro atoms. The highest BCUT2D eigenvalue weighted by Crippen LogP contribution is 2.51. The third kappa shape index (κ3) is 4.74. The van der Waals surface area contributed by atoms with Crippen molar-refractivity contribution in [3.63, 3.8) is 0 Å². The van der Waals surface area contributed by atoms with Crippen LogP contribution in [0.3, 0.4) is 0 Å². The molecule has 1 aliphatic carbocycles. The van der Waals surface area contributed by atoms with Crippen LogP contribution in [-0.4, -0.2) is 0 Å². The summed E-state index contributed by atoms with van der Waals surface area (Å²) in [6, 6.07) is 67.5. The topological polar surface area (TPSA) is 29.5 Å². The van der Waals surface area contributed by atoms with E-state index in [0.717, 1.165) is 71.9 Å². The van der Waals surface area contributed by atoms with Crippen LogP contribution in [-0.2, 0) is 5.41 Å². The predicted molar refractivity (Wildman–Crippen MR) is 242 cm³/mol. The second-order valence-corrected chi connectivity index (χ2v) is 16.0. The van der Waals surface area contributed by atoms with Crippen LogP contribution >= 0.6 is 0 Å². The Bertz CT molecular complexity index is 3420. The number of para-hydroxylation sites is 3. The van der Waals surface area contributed by atoms with Gasteiger partial charge in [-0.25, -0.2) is 0 Å². The van der Waals surface area contributed by atoms with E-state index in [2.05, 4.69) is 195 Å². The van der Waals surface area contributed by atoms with Crippen LogP contribution in [0.4, 0.5) is 17.1 Å². The van der Waals surface area contributed by atoms with E-state index < -0.39 is 0 Å². The van der Waals surface area contributed by atoms with Crippen LogP contribution in [0, 0.1) is 0 Å². The largest absolute Gasteiger partial charge is 0.454 e. The highest BCUT2D eigenvalue weighted by Gasteiger charge is 2.35. The summed E-state index contributed by atoms with van der Waals surface area (Å²) in [4.78, 5) is 2.30.